The van der Waals surface area contributed by atoms with E-state index in [1.54, 1.807) is 4.68 Å². The molecule has 0 aliphatic carbocycles. The second-order valence-corrected chi connectivity index (χ2v) is 5.69. The summed E-state index contributed by atoms with van der Waals surface area (Å²) < 4.78 is 1.80. The Morgan fingerprint density at radius 2 is 1.79 bits per heavy atom. The fraction of sp³-hybridized carbons (Fsp3) is 0.167. The van der Waals surface area contributed by atoms with Crippen molar-refractivity contribution in [3.05, 3.63) is 75.5 Å². The van der Waals surface area contributed by atoms with Crippen molar-refractivity contribution in [1.29, 1.82) is 0 Å². The maximum absolute atomic E-state index is 12.4. The van der Waals surface area contributed by atoms with Crippen LogP contribution < -0.4 is 10.9 Å². The molecule has 0 aliphatic rings. The summed E-state index contributed by atoms with van der Waals surface area (Å²) >= 11 is 0. The lowest BCUT2D eigenvalue weighted by atomic mass is 10.2. The van der Waals surface area contributed by atoms with Crippen LogP contribution in [0.5, 0.6) is 0 Å². The van der Waals surface area contributed by atoms with E-state index >= 15 is 0 Å². The molecule has 0 bridgehead atoms. The van der Waals surface area contributed by atoms with Gasteiger partial charge in [0, 0.05) is 12.3 Å². The highest BCUT2D eigenvalue weighted by Crippen LogP contribution is 2.23. The van der Waals surface area contributed by atoms with Crippen molar-refractivity contribution in [3.8, 4) is 5.69 Å². The number of aromatic nitrogens is 3. The predicted molar refractivity (Wildman–Crippen MR) is 92.8 cm³/mol. The minimum atomic E-state index is -0.291. The summed E-state index contributed by atoms with van der Waals surface area (Å²) in [5.74, 6) is -0.291. The first kappa shape index (κ1) is 15.7. The molecule has 0 atom stereocenters. The van der Waals surface area contributed by atoms with E-state index < -0.39 is 0 Å². The number of amides is 1. The van der Waals surface area contributed by atoms with Gasteiger partial charge in [0.15, 0.2) is 0 Å². The fourth-order valence-electron chi connectivity index (χ4n) is 2.50. The molecule has 0 unspecified atom stereocenters. The molecule has 6 heteroatoms. The van der Waals surface area contributed by atoms with Crippen LogP contribution in [0.4, 0.5) is 5.69 Å². The van der Waals surface area contributed by atoms with Crippen molar-refractivity contribution in [2.75, 3.05) is 5.32 Å². The van der Waals surface area contributed by atoms with Crippen molar-refractivity contribution < 1.29 is 4.79 Å². The van der Waals surface area contributed by atoms with Crippen molar-refractivity contribution in [3.63, 3.8) is 0 Å². The van der Waals surface area contributed by atoms with Gasteiger partial charge in [-0.2, -0.15) is 5.10 Å². The topological polar surface area (TPSA) is 79.8 Å². The number of carbonyl (C=O) groups is 1. The minimum Gasteiger partial charge on any atom is -0.328 e. The Morgan fingerprint density at radius 3 is 2.42 bits per heavy atom. The Hall–Kier alpha value is -3.15. The van der Waals surface area contributed by atoms with Gasteiger partial charge in [-0.25, -0.2) is 4.68 Å². The van der Waals surface area contributed by atoms with Gasteiger partial charge < -0.3 is 10.3 Å². The number of benzene rings is 1. The third kappa shape index (κ3) is 2.99. The standard InChI is InChI=1S/C18H18N4O2/c1-11-4-7-15(8-5-11)22-13(3)17(12(2)21-22)20-18(24)14-6-9-16(23)19-10-14/h4-10H,1-3H3,(H,19,23)(H,20,24). The van der Waals surface area contributed by atoms with Crippen LogP contribution in [0.25, 0.3) is 5.69 Å². The summed E-state index contributed by atoms with van der Waals surface area (Å²) in [5, 5.41) is 7.39. The van der Waals surface area contributed by atoms with Gasteiger partial charge in [0.1, 0.15) is 0 Å². The number of anilines is 1. The van der Waals surface area contributed by atoms with Crippen LogP contribution in [0.15, 0.2) is 47.4 Å². The normalized spacial score (nSPS) is 10.6. The number of pyridine rings is 1. The average Bonchev–Trinajstić information content (AvgIpc) is 2.84. The fourth-order valence-corrected chi connectivity index (χ4v) is 2.50. The Bertz CT molecular complexity index is 932. The molecule has 0 saturated heterocycles. The second-order valence-electron chi connectivity index (χ2n) is 5.69. The first-order chi connectivity index (χ1) is 11.5. The van der Waals surface area contributed by atoms with Gasteiger partial charge >= 0.3 is 0 Å². The molecule has 0 aliphatic heterocycles. The summed E-state index contributed by atoms with van der Waals surface area (Å²) in [5.41, 5.74) is 4.49. The van der Waals surface area contributed by atoms with E-state index in [9.17, 15) is 9.59 Å². The number of nitrogens with zero attached hydrogens (tertiary/aromatic N) is 2. The smallest absolute Gasteiger partial charge is 0.257 e. The second kappa shape index (κ2) is 6.16. The van der Waals surface area contributed by atoms with Gasteiger partial charge in [-0.1, -0.05) is 17.7 Å². The summed E-state index contributed by atoms with van der Waals surface area (Å²) in [6.45, 7) is 5.78. The lowest BCUT2D eigenvalue weighted by Gasteiger charge is -2.07. The molecule has 2 heterocycles. The van der Waals surface area contributed by atoms with E-state index in [4.69, 9.17) is 0 Å². The van der Waals surface area contributed by atoms with Crippen LogP contribution in [0.2, 0.25) is 0 Å². The highest BCUT2D eigenvalue weighted by molar-refractivity contribution is 6.04. The molecule has 3 aromatic rings. The highest BCUT2D eigenvalue weighted by atomic mass is 16.1. The van der Waals surface area contributed by atoms with E-state index in [1.807, 2.05) is 45.0 Å². The third-order valence-electron chi connectivity index (χ3n) is 3.85. The molecule has 6 nitrogen and oxygen atoms in total. The van der Waals surface area contributed by atoms with Crippen LogP contribution in [0.1, 0.15) is 27.3 Å². The van der Waals surface area contributed by atoms with Gasteiger partial charge in [0.25, 0.3) is 5.91 Å². The highest BCUT2D eigenvalue weighted by Gasteiger charge is 2.16. The molecule has 2 aromatic heterocycles. The van der Waals surface area contributed by atoms with Crippen LogP contribution >= 0.6 is 0 Å². The Labute approximate surface area is 139 Å². The predicted octanol–water partition coefficient (Wildman–Crippen LogP) is 2.74. The molecule has 0 saturated carbocycles. The van der Waals surface area contributed by atoms with Crippen LogP contribution in [0, 0.1) is 20.8 Å². The van der Waals surface area contributed by atoms with E-state index in [-0.39, 0.29) is 11.5 Å². The first-order valence-electron chi connectivity index (χ1n) is 7.59. The summed E-state index contributed by atoms with van der Waals surface area (Å²) in [6.07, 6.45) is 1.40. The van der Waals surface area contributed by atoms with Gasteiger partial charge in [-0.15, -0.1) is 0 Å². The number of H-pyrrole nitrogens is 1. The monoisotopic (exact) mass is 322 g/mol. The molecule has 1 aromatic carbocycles. The molecule has 2 N–H and O–H groups in total. The number of aryl methyl sites for hydroxylation is 2. The van der Waals surface area contributed by atoms with Crippen molar-refractivity contribution in [1.82, 2.24) is 14.8 Å². The Morgan fingerprint density at radius 1 is 1.08 bits per heavy atom. The maximum Gasteiger partial charge on any atom is 0.257 e. The van der Waals surface area contributed by atoms with Crippen molar-refractivity contribution in [2.24, 2.45) is 0 Å². The maximum atomic E-state index is 12.4. The van der Waals surface area contributed by atoms with E-state index in [0.717, 1.165) is 17.1 Å². The van der Waals surface area contributed by atoms with Gasteiger partial charge in [-0.3, -0.25) is 9.59 Å². The van der Waals surface area contributed by atoms with Crippen LogP contribution in [0.3, 0.4) is 0 Å². The minimum absolute atomic E-state index is 0.244. The molecule has 24 heavy (non-hydrogen) atoms. The third-order valence-corrected chi connectivity index (χ3v) is 3.85. The zero-order chi connectivity index (χ0) is 17.3. The number of rotatable bonds is 3. The van der Waals surface area contributed by atoms with Crippen LogP contribution in [-0.2, 0) is 0 Å². The Kier molecular flexibility index (Phi) is 4.04. The number of aromatic amines is 1. The zero-order valence-electron chi connectivity index (χ0n) is 13.8. The van der Waals surface area contributed by atoms with Crippen molar-refractivity contribution >= 4 is 11.6 Å². The van der Waals surface area contributed by atoms with Crippen LogP contribution in [-0.4, -0.2) is 20.7 Å². The lowest BCUT2D eigenvalue weighted by Crippen LogP contribution is -2.15. The number of carbonyl (C=O) groups excluding carboxylic acids is 1. The molecule has 0 spiro atoms. The molecule has 0 radical (unpaired) electrons. The van der Waals surface area contributed by atoms with Gasteiger partial charge in [-0.05, 0) is 39.0 Å². The number of nitrogens with one attached hydrogen (secondary N) is 2. The Balaban J connectivity index is 1.91. The quantitative estimate of drug-likeness (QED) is 0.778. The van der Waals surface area contributed by atoms with Gasteiger partial charge in [0.2, 0.25) is 5.56 Å². The summed E-state index contributed by atoms with van der Waals surface area (Å²) in [4.78, 5) is 25.9. The number of hydrogen-bond donors (Lipinski definition) is 2. The lowest BCUT2D eigenvalue weighted by molar-refractivity contribution is 0.102. The summed E-state index contributed by atoms with van der Waals surface area (Å²) in [7, 11) is 0. The first-order valence-corrected chi connectivity index (χ1v) is 7.59. The molecule has 122 valence electrons. The van der Waals surface area contributed by atoms with E-state index in [1.165, 1.54) is 23.9 Å². The van der Waals surface area contributed by atoms with Crippen molar-refractivity contribution in [2.45, 2.75) is 20.8 Å². The van der Waals surface area contributed by atoms with E-state index in [2.05, 4.69) is 15.4 Å². The number of hydrogen-bond acceptors (Lipinski definition) is 3. The molecule has 0 fully saturated rings. The largest absolute Gasteiger partial charge is 0.328 e. The SMILES string of the molecule is Cc1ccc(-n2nc(C)c(NC(=O)c3ccc(=O)[nH]c3)c2C)cc1. The van der Waals surface area contributed by atoms with E-state index in [0.29, 0.717) is 11.3 Å². The van der Waals surface area contributed by atoms with Gasteiger partial charge in [0.05, 0.1) is 28.3 Å². The zero-order valence-corrected chi connectivity index (χ0v) is 13.8. The molecule has 1 amide bonds. The summed E-state index contributed by atoms with van der Waals surface area (Å²) in [6, 6.07) is 10.8. The molecule has 3 rings (SSSR count). The molecular formula is C18H18N4O2. The average molecular weight is 322 g/mol. The molecular weight excluding hydrogens is 304 g/mol.